The second kappa shape index (κ2) is 11.6. The van der Waals surface area contributed by atoms with Gasteiger partial charge in [0.25, 0.3) is 0 Å². The molecular formula is C32H38O2S2. The van der Waals surface area contributed by atoms with Gasteiger partial charge in [0, 0.05) is 22.6 Å². The number of ketones is 2. The predicted octanol–water partition coefficient (Wildman–Crippen LogP) is 9.65. The fourth-order valence-electron chi connectivity index (χ4n) is 5.88. The van der Waals surface area contributed by atoms with E-state index in [4.69, 9.17) is 0 Å². The Bertz CT molecular complexity index is 1160. The summed E-state index contributed by atoms with van der Waals surface area (Å²) in [6.07, 6.45) is 14.7. The molecule has 3 aromatic rings. The molecule has 0 spiro atoms. The first-order valence-electron chi connectivity index (χ1n) is 14.1. The Morgan fingerprint density at radius 3 is 1.47 bits per heavy atom. The number of thiophene rings is 2. The van der Waals surface area contributed by atoms with Gasteiger partial charge in [0.1, 0.15) is 0 Å². The summed E-state index contributed by atoms with van der Waals surface area (Å²) in [7, 11) is 0. The lowest BCUT2D eigenvalue weighted by Crippen LogP contribution is -2.10. The SMILES string of the molecule is CCCCCCC(=O)c1cc2c(s1)CCc1c-2ccc2c1CCc1sc(C(=O)CCCCCC)cc1-2. The first-order valence-corrected chi connectivity index (χ1v) is 15.7. The van der Waals surface area contributed by atoms with Gasteiger partial charge in [-0.3, -0.25) is 9.59 Å². The number of fused-ring (bicyclic) bond motifs is 7. The average molecular weight is 519 g/mol. The van der Waals surface area contributed by atoms with Crippen LogP contribution in [0, 0.1) is 0 Å². The maximum atomic E-state index is 12.8. The zero-order chi connectivity index (χ0) is 25.1. The van der Waals surface area contributed by atoms with Crippen LogP contribution in [0.3, 0.4) is 0 Å². The molecular weight excluding hydrogens is 480 g/mol. The van der Waals surface area contributed by atoms with Crippen LogP contribution in [0.25, 0.3) is 22.3 Å². The lowest BCUT2D eigenvalue weighted by Gasteiger charge is -2.25. The Balaban J connectivity index is 1.37. The number of rotatable bonds is 12. The lowest BCUT2D eigenvalue weighted by atomic mass is 9.80. The molecule has 0 amide bonds. The van der Waals surface area contributed by atoms with Crippen LogP contribution in [0.15, 0.2) is 24.3 Å². The molecule has 1 aromatic carbocycles. The summed E-state index contributed by atoms with van der Waals surface area (Å²) in [6.45, 7) is 4.41. The zero-order valence-corrected chi connectivity index (χ0v) is 23.5. The highest BCUT2D eigenvalue weighted by molar-refractivity contribution is 7.15. The highest BCUT2D eigenvalue weighted by Gasteiger charge is 2.28. The van der Waals surface area contributed by atoms with E-state index in [-0.39, 0.29) is 0 Å². The van der Waals surface area contributed by atoms with Crippen molar-refractivity contribution in [2.75, 3.05) is 0 Å². The Morgan fingerprint density at radius 1 is 0.611 bits per heavy atom. The van der Waals surface area contributed by atoms with Crippen LogP contribution in [0.5, 0.6) is 0 Å². The van der Waals surface area contributed by atoms with Crippen molar-refractivity contribution in [2.45, 2.75) is 104 Å². The van der Waals surface area contributed by atoms with Crippen molar-refractivity contribution in [1.29, 1.82) is 0 Å². The van der Waals surface area contributed by atoms with Gasteiger partial charge in [-0.1, -0.05) is 64.5 Å². The monoisotopic (exact) mass is 518 g/mol. The summed E-state index contributed by atoms with van der Waals surface area (Å²) in [5, 5.41) is 0. The van der Waals surface area contributed by atoms with E-state index >= 15 is 0 Å². The van der Waals surface area contributed by atoms with E-state index in [2.05, 4.69) is 38.1 Å². The Hall–Kier alpha value is -2.04. The highest BCUT2D eigenvalue weighted by Crippen LogP contribution is 2.46. The average Bonchev–Trinajstić information content (AvgIpc) is 3.53. The van der Waals surface area contributed by atoms with Gasteiger partial charge in [-0.05, 0) is 84.0 Å². The molecule has 0 bridgehead atoms. The maximum Gasteiger partial charge on any atom is 0.172 e. The summed E-state index contributed by atoms with van der Waals surface area (Å²) < 4.78 is 0. The lowest BCUT2D eigenvalue weighted by molar-refractivity contribution is 0.0975. The molecule has 2 nitrogen and oxygen atoms in total. The maximum absolute atomic E-state index is 12.8. The van der Waals surface area contributed by atoms with Crippen molar-refractivity contribution >= 4 is 34.2 Å². The first kappa shape index (κ1) is 25.6. The van der Waals surface area contributed by atoms with Crippen molar-refractivity contribution in [3.63, 3.8) is 0 Å². The Kier molecular flexibility index (Phi) is 8.22. The van der Waals surface area contributed by atoms with Gasteiger partial charge in [-0.25, -0.2) is 0 Å². The van der Waals surface area contributed by atoms with Crippen LogP contribution in [0.1, 0.15) is 118 Å². The summed E-state index contributed by atoms with van der Waals surface area (Å²) in [5.41, 5.74) is 8.21. The van der Waals surface area contributed by atoms with Crippen molar-refractivity contribution in [2.24, 2.45) is 0 Å². The van der Waals surface area contributed by atoms with Crippen molar-refractivity contribution in [3.05, 3.63) is 54.9 Å². The quantitative estimate of drug-likeness (QED) is 0.177. The molecule has 0 unspecified atom stereocenters. The fraction of sp³-hybridized carbons (Fsp3) is 0.500. The molecule has 0 fully saturated rings. The molecule has 0 atom stereocenters. The highest BCUT2D eigenvalue weighted by atomic mass is 32.1. The second-order valence-electron chi connectivity index (χ2n) is 10.5. The number of carbonyl (C=O) groups excluding carboxylic acids is 2. The number of benzene rings is 1. The van der Waals surface area contributed by atoms with Crippen LogP contribution in [0.4, 0.5) is 0 Å². The van der Waals surface area contributed by atoms with Gasteiger partial charge in [0.2, 0.25) is 0 Å². The van der Waals surface area contributed by atoms with Gasteiger partial charge in [-0.15, -0.1) is 22.7 Å². The minimum Gasteiger partial charge on any atom is -0.293 e. The molecule has 0 aliphatic heterocycles. The van der Waals surface area contributed by atoms with E-state index in [0.717, 1.165) is 61.1 Å². The van der Waals surface area contributed by atoms with Crippen molar-refractivity contribution in [1.82, 2.24) is 0 Å². The van der Waals surface area contributed by atoms with E-state index < -0.39 is 0 Å². The van der Waals surface area contributed by atoms with Crippen molar-refractivity contribution in [3.8, 4) is 22.3 Å². The molecule has 2 heterocycles. The Morgan fingerprint density at radius 2 is 1.06 bits per heavy atom. The van der Waals surface area contributed by atoms with E-state index in [1.165, 1.54) is 68.8 Å². The van der Waals surface area contributed by atoms with E-state index in [0.29, 0.717) is 24.4 Å². The van der Waals surface area contributed by atoms with Crippen LogP contribution >= 0.6 is 22.7 Å². The molecule has 0 N–H and O–H groups in total. The molecule has 0 radical (unpaired) electrons. The Labute approximate surface area is 224 Å². The van der Waals surface area contributed by atoms with Crippen LogP contribution in [-0.2, 0) is 25.7 Å². The normalized spacial score (nSPS) is 13.6. The topological polar surface area (TPSA) is 34.1 Å². The van der Waals surface area contributed by atoms with Crippen LogP contribution in [-0.4, -0.2) is 11.6 Å². The van der Waals surface area contributed by atoms with Crippen molar-refractivity contribution < 1.29 is 9.59 Å². The third-order valence-electron chi connectivity index (χ3n) is 7.90. The van der Waals surface area contributed by atoms with E-state index in [9.17, 15) is 9.59 Å². The number of aryl methyl sites for hydroxylation is 2. The summed E-state index contributed by atoms with van der Waals surface area (Å²) in [4.78, 5) is 30.3. The van der Waals surface area contributed by atoms with Gasteiger partial charge < -0.3 is 0 Å². The van der Waals surface area contributed by atoms with Crippen LogP contribution < -0.4 is 0 Å². The first-order chi connectivity index (χ1) is 17.6. The summed E-state index contributed by atoms with van der Waals surface area (Å²) in [5.74, 6) is 0.639. The number of hydrogen-bond acceptors (Lipinski definition) is 4. The molecule has 0 saturated heterocycles. The third kappa shape index (κ3) is 5.17. The number of carbonyl (C=O) groups is 2. The second-order valence-corrected chi connectivity index (χ2v) is 12.8. The number of hydrogen-bond donors (Lipinski definition) is 0. The molecule has 2 aromatic heterocycles. The van der Waals surface area contributed by atoms with Crippen LogP contribution in [0.2, 0.25) is 0 Å². The molecule has 5 rings (SSSR count). The molecule has 0 saturated carbocycles. The summed E-state index contributed by atoms with van der Waals surface area (Å²) >= 11 is 3.45. The predicted molar refractivity (Wildman–Crippen MR) is 154 cm³/mol. The zero-order valence-electron chi connectivity index (χ0n) is 21.8. The van der Waals surface area contributed by atoms with Gasteiger partial charge in [0.05, 0.1) is 9.75 Å². The van der Waals surface area contributed by atoms with Gasteiger partial charge in [0.15, 0.2) is 11.6 Å². The standard InChI is InChI=1S/C32H38O2S2/c1-3-5-7-9-11-27(33)31-19-25-23-13-14-24-22(21(23)15-17-29(25)35-31)16-18-30-26(24)20-32(36-30)28(34)12-10-8-6-4-2/h13-14,19-20H,3-12,15-18H2,1-2H3. The molecule has 2 aliphatic carbocycles. The molecule has 4 heteroatoms. The fourth-order valence-corrected chi connectivity index (χ4v) is 8.16. The molecule has 36 heavy (non-hydrogen) atoms. The number of Topliss-reactive ketones (excluding diaryl/α,β-unsaturated/α-hetero) is 2. The molecule has 190 valence electrons. The van der Waals surface area contributed by atoms with Gasteiger partial charge >= 0.3 is 0 Å². The minimum atomic E-state index is 0.319. The third-order valence-corrected chi connectivity index (χ3v) is 10.4. The van der Waals surface area contributed by atoms with E-state index in [1.54, 1.807) is 22.7 Å². The number of unbranched alkanes of at least 4 members (excludes halogenated alkanes) is 6. The van der Waals surface area contributed by atoms with E-state index in [1.807, 2.05) is 0 Å². The smallest absolute Gasteiger partial charge is 0.172 e. The minimum absolute atomic E-state index is 0.319. The largest absolute Gasteiger partial charge is 0.293 e. The summed E-state index contributed by atoms with van der Waals surface area (Å²) in [6, 6.07) is 8.93. The molecule has 2 aliphatic rings. The van der Waals surface area contributed by atoms with Gasteiger partial charge in [-0.2, -0.15) is 0 Å².